The van der Waals surface area contributed by atoms with Crippen LogP contribution in [0.15, 0.2) is 29.3 Å². The molecular weight excluding hydrogens is 455 g/mol. The van der Waals surface area contributed by atoms with Crippen molar-refractivity contribution in [2.24, 2.45) is 10.9 Å². The second-order valence-electron chi connectivity index (χ2n) is 7.00. The molecule has 6 nitrogen and oxygen atoms in total. The van der Waals surface area contributed by atoms with E-state index in [1.54, 1.807) is 7.05 Å². The number of benzene rings is 1. The Morgan fingerprint density at radius 1 is 1.26 bits per heavy atom. The average Bonchev–Trinajstić information content (AvgIpc) is 2.64. The highest BCUT2D eigenvalue weighted by Crippen LogP contribution is 2.13. The van der Waals surface area contributed by atoms with Crippen molar-refractivity contribution in [3.05, 3.63) is 29.8 Å². The van der Waals surface area contributed by atoms with Gasteiger partial charge in [-0.3, -0.25) is 9.89 Å². The van der Waals surface area contributed by atoms with Crippen molar-refractivity contribution in [2.45, 2.75) is 26.8 Å². The van der Waals surface area contributed by atoms with Gasteiger partial charge in [-0.15, -0.1) is 24.0 Å². The predicted molar refractivity (Wildman–Crippen MR) is 122 cm³/mol. The summed E-state index contributed by atoms with van der Waals surface area (Å²) in [5.41, 5.74) is 1.20. The summed E-state index contributed by atoms with van der Waals surface area (Å²) in [7, 11) is 1.80. The van der Waals surface area contributed by atoms with E-state index in [2.05, 4.69) is 47.4 Å². The van der Waals surface area contributed by atoms with Gasteiger partial charge in [-0.05, 0) is 30.5 Å². The molecule has 2 N–H and O–H groups in total. The molecule has 154 valence electrons. The van der Waals surface area contributed by atoms with Crippen LogP contribution in [0.3, 0.4) is 0 Å². The van der Waals surface area contributed by atoms with Crippen LogP contribution in [0.4, 0.5) is 0 Å². The van der Waals surface area contributed by atoms with Crippen LogP contribution in [0.1, 0.15) is 19.4 Å². The fourth-order valence-electron chi connectivity index (χ4n) is 3.16. The minimum atomic E-state index is 0. The number of ether oxygens (including phenoxy) is 2. The Kier molecular flexibility index (Phi) is 11.7. The summed E-state index contributed by atoms with van der Waals surface area (Å²) < 4.78 is 11.2. The number of rotatable bonds is 8. The Labute approximate surface area is 181 Å². The first-order chi connectivity index (χ1) is 12.6. The molecule has 0 saturated carbocycles. The normalized spacial score (nSPS) is 16.6. The lowest BCUT2D eigenvalue weighted by atomic mass is 10.0. The molecule has 7 heteroatoms. The molecule has 2 rings (SSSR count). The Balaban J connectivity index is 0.00000364. The van der Waals surface area contributed by atoms with Crippen LogP contribution in [-0.2, 0) is 4.74 Å². The molecule has 1 unspecified atom stereocenters. The number of guanidine groups is 1. The Hall–Kier alpha value is -1.06. The van der Waals surface area contributed by atoms with E-state index in [0.29, 0.717) is 25.1 Å². The molecule has 1 aliphatic heterocycles. The van der Waals surface area contributed by atoms with Gasteiger partial charge in [-0.2, -0.15) is 0 Å². The van der Waals surface area contributed by atoms with Crippen molar-refractivity contribution in [3.8, 4) is 5.75 Å². The van der Waals surface area contributed by atoms with Gasteiger partial charge in [-0.1, -0.05) is 26.0 Å². The number of nitrogens with one attached hydrogen (secondary N) is 2. The van der Waals surface area contributed by atoms with Crippen molar-refractivity contribution in [1.82, 2.24) is 15.5 Å². The molecule has 1 saturated heterocycles. The van der Waals surface area contributed by atoms with E-state index in [0.717, 1.165) is 44.6 Å². The van der Waals surface area contributed by atoms with Crippen LogP contribution >= 0.6 is 24.0 Å². The zero-order chi connectivity index (χ0) is 18.8. The summed E-state index contributed by atoms with van der Waals surface area (Å²) in [5, 5.41) is 6.78. The molecule has 1 atom stereocenters. The highest BCUT2D eigenvalue weighted by atomic mass is 127. The standard InChI is InChI=1S/C20H34N4O2.HI/c1-16(2)19(24-9-12-25-13-10-24)15-23-20(21-4)22-8-11-26-18-7-5-6-17(3)14-18;/h5-7,14,16,19H,8-13,15H2,1-4H3,(H2,21,22,23);1H. The molecule has 1 fully saturated rings. The van der Waals surface area contributed by atoms with Gasteiger partial charge < -0.3 is 20.1 Å². The van der Waals surface area contributed by atoms with Gasteiger partial charge in [0.05, 0.1) is 19.8 Å². The molecular formula is C20H35IN4O2. The molecule has 1 aliphatic rings. The first kappa shape index (κ1) is 24.0. The lowest BCUT2D eigenvalue weighted by Crippen LogP contribution is -2.52. The zero-order valence-electron chi connectivity index (χ0n) is 17.0. The number of nitrogens with zero attached hydrogens (tertiary/aromatic N) is 2. The van der Waals surface area contributed by atoms with Crippen LogP contribution in [0, 0.1) is 12.8 Å². The largest absolute Gasteiger partial charge is 0.492 e. The van der Waals surface area contributed by atoms with E-state index in [1.807, 2.05) is 18.2 Å². The average molecular weight is 490 g/mol. The second-order valence-corrected chi connectivity index (χ2v) is 7.00. The third-order valence-corrected chi connectivity index (χ3v) is 4.64. The summed E-state index contributed by atoms with van der Waals surface area (Å²) >= 11 is 0. The highest BCUT2D eigenvalue weighted by molar-refractivity contribution is 14.0. The van der Waals surface area contributed by atoms with Crippen molar-refractivity contribution in [1.29, 1.82) is 0 Å². The van der Waals surface area contributed by atoms with Crippen molar-refractivity contribution >= 4 is 29.9 Å². The monoisotopic (exact) mass is 490 g/mol. The van der Waals surface area contributed by atoms with Crippen LogP contribution in [0.5, 0.6) is 5.75 Å². The molecule has 0 aliphatic carbocycles. The fourth-order valence-corrected chi connectivity index (χ4v) is 3.16. The maximum absolute atomic E-state index is 5.77. The minimum absolute atomic E-state index is 0. The summed E-state index contributed by atoms with van der Waals surface area (Å²) in [4.78, 5) is 6.83. The lowest BCUT2D eigenvalue weighted by molar-refractivity contribution is 0.00752. The van der Waals surface area contributed by atoms with Crippen LogP contribution in [0.25, 0.3) is 0 Å². The summed E-state index contributed by atoms with van der Waals surface area (Å²) in [6, 6.07) is 8.58. The van der Waals surface area contributed by atoms with E-state index >= 15 is 0 Å². The van der Waals surface area contributed by atoms with Crippen LogP contribution in [-0.4, -0.2) is 69.9 Å². The number of hydrogen-bond acceptors (Lipinski definition) is 4. The van der Waals surface area contributed by atoms with E-state index in [1.165, 1.54) is 5.56 Å². The number of aryl methyl sites for hydroxylation is 1. The van der Waals surface area contributed by atoms with Gasteiger partial charge in [0.2, 0.25) is 0 Å². The number of hydrogen-bond donors (Lipinski definition) is 2. The third-order valence-electron chi connectivity index (χ3n) is 4.64. The fraction of sp³-hybridized carbons (Fsp3) is 0.650. The van der Waals surface area contributed by atoms with Gasteiger partial charge in [0, 0.05) is 32.7 Å². The Bertz CT molecular complexity index is 563. The van der Waals surface area contributed by atoms with Crippen molar-refractivity contribution in [3.63, 3.8) is 0 Å². The first-order valence-electron chi connectivity index (χ1n) is 9.56. The first-order valence-corrected chi connectivity index (χ1v) is 9.56. The molecule has 0 aromatic heterocycles. The van der Waals surface area contributed by atoms with Gasteiger partial charge in [0.1, 0.15) is 12.4 Å². The van der Waals surface area contributed by atoms with Crippen LogP contribution < -0.4 is 15.4 Å². The maximum Gasteiger partial charge on any atom is 0.191 e. The second kappa shape index (κ2) is 13.2. The lowest BCUT2D eigenvalue weighted by Gasteiger charge is -2.37. The molecule has 1 aromatic rings. The number of morpholine rings is 1. The summed E-state index contributed by atoms with van der Waals surface area (Å²) in [6.07, 6.45) is 0. The summed E-state index contributed by atoms with van der Waals surface area (Å²) in [6.45, 7) is 12.4. The molecule has 0 spiro atoms. The number of aliphatic imine (C=N–C) groups is 1. The van der Waals surface area contributed by atoms with Gasteiger partial charge in [0.25, 0.3) is 0 Å². The maximum atomic E-state index is 5.77. The molecule has 0 radical (unpaired) electrons. The minimum Gasteiger partial charge on any atom is -0.492 e. The van der Waals surface area contributed by atoms with Gasteiger partial charge in [-0.25, -0.2) is 0 Å². The molecule has 1 heterocycles. The van der Waals surface area contributed by atoms with E-state index < -0.39 is 0 Å². The quantitative estimate of drug-likeness (QED) is 0.254. The number of halogens is 1. The van der Waals surface area contributed by atoms with E-state index in [-0.39, 0.29) is 24.0 Å². The van der Waals surface area contributed by atoms with Gasteiger partial charge in [0.15, 0.2) is 5.96 Å². The van der Waals surface area contributed by atoms with Crippen molar-refractivity contribution in [2.75, 3.05) is 53.0 Å². The smallest absolute Gasteiger partial charge is 0.191 e. The topological polar surface area (TPSA) is 58.1 Å². The highest BCUT2D eigenvalue weighted by Gasteiger charge is 2.23. The van der Waals surface area contributed by atoms with Crippen molar-refractivity contribution < 1.29 is 9.47 Å². The third kappa shape index (κ3) is 8.66. The van der Waals surface area contributed by atoms with E-state index in [9.17, 15) is 0 Å². The van der Waals surface area contributed by atoms with E-state index in [4.69, 9.17) is 9.47 Å². The molecule has 0 amide bonds. The predicted octanol–water partition coefficient (Wildman–Crippen LogP) is 2.51. The van der Waals surface area contributed by atoms with Crippen LogP contribution in [0.2, 0.25) is 0 Å². The Morgan fingerprint density at radius 3 is 2.63 bits per heavy atom. The molecule has 27 heavy (non-hydrogen) atoms. The summed E-state index contributed by atoms with van der Waals surface area (Å²) in [5.74, 6) is 2.29. The Morgan fingerprint density at radius 2 is 2.00 bits per heavy atom. The van der Waals surface area contributed by atoms with Gasteiger partial charge >= 0.3 is 0 Å². The molecule has 1 aromatic carbocycles. The molecule has 0 bridgehead atoms. The zero-order valence-corrected chi connectivity index (χ0v) is 19.4. The SMILES string of the molecule is CN=C(NCCOc1cccc(C)c1)NCC(C(C)C)N1CCOCC1.I.